The predicted molar refractivity (Wildman–Crippen MR) is 50.8 cm³/mol. The molecule has 0 bridgehead atoms. The maximum Gasteiger partial charge on any atom is 0.242 e. The normalized spacial score (nSPS) is 12.3. The van der Waals surface area contributed by atoms with Gasteiger partial charge in [0.2, 0.25) is 5.91 Å². The first-order valence-corrected chi connectivity index (χ1v) is 4.61. The molecule has 0 radical (unpaired) electrons. The van der Waals surface area contributed by atoms with Crippen LogP contribution in [0.4, 0.5) is 0 Å². The number of aromatic amines is 1. The van der Waals surface area contributed by atoms with Crippen molar-refractivity contribution in [1.29, 1.82) is 0 Å². The van der Waals surface area contributed by atoms with Gasteiger partial charge in [0.1, 0.15) is 19.2 Å². The molecule has 1 atom stereocenters. The third kappa shape index (κ3) is 2.38. The molecule has 16 heavy (non-hydrogen) atoms. The van der Waals surface area contributed by atoms with Gasteiger partial charge in [0.15, 0.2) is 5.82 Å². The molecule has 2 aromatic rings. The second-order valence-electron chi connectivity index (χ2n) is 3.15. The molecule has 2 rings (SSSR count). The van der Waals surface area contributed by atoms with Crippen LogP contribution < -0.4 is 5.32 Å². The van der Waals surface area contributed by atoms with Crippen molar-refractivity contribution >= 4 is 5.91 Å². The Bertz CT molecular complexity index is 435. The second kappa shape index (κ2) is 4.47. The van der Waals surface area contributed by atoms with Crippen LogP contribution in [-0.2, 0) is 11.3 Å². The maximum absolute atomic E-state index is 11.5. The molecule has 84 valence electrons. The predicted octanol–water partition coefficient (Wildman–Crippen LogP) is -1.33. The minimum absolute atomic E-state index is 0.113. The van der Waals surface area contributed by atoms with E-state index in [0.29, 0.717) is 5.82 Å². The van der Waals surface area contributed by atoms with Crippen LogP contribution in [0.3, 0.4) is 0 Å². The third-order valence-corrected chi connectivity index (χ3v) is 1.90. The summed E-state index contributed by atoms with van der Waals surface area (Å²) >= 11 is 0. The molecule has 2 N–H and O–H groups in total. The summed E-state index contributed by atoms with van der Waals surface area (Å²) in [7, 11) is 0. The lowest BCUT2D eigenvalue weighted by Gasteiger charge is -2.09. The van der Waals surface area contributed by atoms with Gasteiger partial charge in [0, 0.05) is 0 Å². The van der Waals surface area contributed by atoms with Crippen LogP contribution in [-0.4, -0.2) is 41.3 Å². The maximum atomic E-state index is 11.5. The van der Waals surface area contributed by atoms with Gasteiger partial charge < -0.3 is 5.32 Å². The lowest BCUT2D eigenvalue weighted by molar-refractivity contribution is -0.122. The smallest absolute Gasteiger partial charge is 0.242 e. The van der Waals surface area contributed by atoms with Gasteiger partial charge in [-0.15, -0.1) is 10.2 Å². The Balaban J connectivity index is 1.88. The highest BCUT2D eigenvalue weighted by atomic mass is 16.2. The minimum atomic E-state index is -0.297. The molecule has 0 aliphatic carbocycles. The summed E-state index contributed by atoms with van der Waals surface area (Å²) in [4.78, 5) is 15.3. The zero-order valence-corrected chi connectivity index (χ0v) is 8.53. The van der Waals surface area contributed by atoms with Crippen LogP contribution in [0.1, 0.15) is 18.8 Å². The van der Waals surface area contributed by atoms with Crippen LogP contribution in [0, 0.1) is 0 Å². The number of nitrogens with one attached hydrogen (secondary N) is 2. The summed E-state index contributed by atoms with van der Waals surface area (Å²) in [5.74, 6) is 0.245. The number of carbonyl (C=O) groups excluding carboxylic acids is 1. The Morgan fingerprint density at radius 3 is 3.19 bits per heavy atom. The summed E-state index contributed by atoms with van der Waals surface area (Å²) in [5, 5.41) is 19.8. The summed E-state index contributed by atoms with van der Waals surface area (Å²) in [6, 6.07) is -0.297. The van der Waals surface area contributed by atoms with Crippen molar-refractivity contribution in [3.63, 3.8) is 0 Å². The quantitative estimate of drug-likeness (QED) is 0.662. The lowest BCUT2D eigenvalue weighted by atomic mass is 10.3. The molecule has 0 fully saturated rings. The largest absolute Gasteiger partial charge is 0.345 e. The fourth-order valence-corrected chi connectivity index (χ4v) is 1.17. The third-order valence-electron chi connectivity index (χ3n) is 1.90. The fraction of sp³-hybridized carbons (Fsp3) is 0.429. The van der Waals surface area contributed by atoms with E-state index >= 15 is 0 Å². The molecule has 0 saturated heterocycles. The zero-order chi connectivity index (χ0) is 11.4. The van der Waals surface area contributed by atoms with Gasteiger partial charge in [0.05, 0.1) is 6.04 Å². The van der Waals surface area contributed by atoms with E-state index in [1.54, 1.807) is 6.92 Å². The van der Waals surface area contributed by atoms with Crippen molar-refractivity contribution in [2.24, 2.45) is 0 Å². The molecule has 0 aliphatic heterocycles. The first-order chi connectivity index (χ1) is 7.75. The zero-order valence-electron chi connectivity index (χ0n) is 8.53. The number of rotatable bonds is 4. The van der Waals surface area contributed by atoms with Crippen molar-refractivity contribution in [3.8, 4) is 0 Å². The SMILES string of the molecule is CC(NC(=O)Cn1cncn1)c1nn[nH]n1. The number of hydrogen-bond acceptors (Lipinski definition) is 6. The van der Waals surface area contributed by atoms with Gasteiger partial charge in [-0.25, -0.2) is 9.67 Å². The van der Waals surface area contributed by atoms with Gasteiger partial charge in [-0.05, 0) is 6.92 Å². The summed E-state index contributed by atoms with van der Waals surface area (Å²) in [6.45, 7) is 1.88. The van der Waals surface area contributed by atoms with Crippen molar-refractivity contribution in [2.45, 2.75) is 19.5 Å². The summed E-state index contributed by atoms with van der Waals surface area (Å²) < 4.78 is 1.43. The second-order valence-corrected chi connectivity index (χ2v) is 3.15. The van der Waals surface area contributed by atoms with Crippen molar-refractivity contribution in [1.82, 2.24) is 40.7 Å². The van der Waals surface area contributed by atoms with E-state index in [2.05, 4.69) is 36.0 Å². The van der Waals surface area contributed by atoms with E-state index in [9.17, 15) is 4.79 Å². The van der Waals surface area contributed by atoms with Crippen LogP contribution >= 0.6 is 0 Å². The molecule has 0 aromatic carbocycles. The van der Waals surface area contributed by atoms with Crippen LogP contribution in [0.5, 0.6) is 0 Å². The Hall–Kier alpha value is -2.32. The summed E-state index contributed by atoms with van der Waals surface area (Å²) in [6.07, 6.45) is 2.84. The average molecular weight is 222 g/mol. The first kappa shape index (κ1) is 10.2. The van der Waals surface area contributed by atoms with Crippen LogP contribution in [0.15, 0.2) is 12.7 Å². The minimum Gasteiger partial charge on any atom is -0.345 e. The lowest BCUT2D eigenvalue weighted by Crippen LogP contribution is -2.30. The number of hydrogen-bond donors (Lipinski definition) is 2. The van der Waals surface area contributed by atoms with E-state index in [4.69, 9.17) is 0 Å². The molecule has 9 heteroatoms. The van der Waals surface area contributed by atoms with Gasteiger partial charge in [0.25, 0.3) is 0 Å². The Labute approximate surface area is 90.3 Å². The molecular weight excluding hydrogens is 212 g/mol. The van der Waals surface area contributed by atoms with Crippen molar-refractivity contribution in [2.75, 3.05) is 0 Å². The Morgan fingerprint density at radius 1 is 1.69 bits per heavy atom. The Kier molecular flexibility index (Phi) is 2.85. The molecule has 0 aliphatic rings. The average Bonchev–Trinajstić information content (AvgIpc) is 2.88. The number of H-pyrrole nitrogens is 1. The van der Waals surface area contributed by atoms with Gasteiger partial charge in [-0.1, -0.05) is 5.21 Å². The number of tetrazole rings is 1. The van der Waals surface area contributed by atoms with E-state index in [0.717, 1.165) is 0 Å². The van der Waals surface area contributed by atoms with Crippen molar-refractivity contribution in [3.05, 3.63) is 18.5 Å². The summed E-state index contributed by atoms with van der Waals surface area (Å²) in [5.41, 5.74) is 0. The molecule has 1 amide bonds. The molecule has 9 nitrogen and oxygen atoms in total. The van der Waals surface area contributed by atoms with E-state index in [1.165, 1.54) is 17.3 Å². The van der Waals surface area contributed by atoms with Crippen molar-refractivity contribution < 1.29 is 4.79 Å². The molecule has 2 aromatic heterocycles. The van der Waals surface area contributed by atoms with E-state index in [-0.39, 0.29) is 18.5 Å². The first-order valence-electron chi connectivity index (χ1n) is 4.61. The highest BCUT2D eigenvalue weighted by Crippen LogP contribution is 2.02. The van der Waals surface area contributed by atoms with Gasteiger partial charge in [-0.3, -0.25) is 4.79 Å². The molecule has 2 heterocycles. The molecule has 1 unspecified atom stereocenters. The highest BCUT2D eigenvalue weighted by Gasteiger charge is 2.13. The Morgan fingerprint density at radius 2 is 2.56 bits per heavy atom. The fourth-order valence-electron chi connectivity index (χ4n) is 1.17. The number of aromatic nitrogens is 7. The van der Waals surface area contributed by atoms with Gasteiger partial charge in [-0.2, -0.15) is 10.3 Å². The van der Waals surface area contributed by atoms with Crippen LogP contribution in [0.2, 0.25) is 0 Å². The number of amides is 1. The molecule has 0 spiro atoms. The van der Waals surface area contributed by atoms with E-state index < -0.39 is 0 Å². The number of nitrogens with zero attached hydrogens (tertiary/aromatic N) is 6. The molecular formula is C7H10N8O. The van der Waals surface area contributed by atoms with Gasteiger partial charge >= 0.3 is 0 Å². The highest BCUT2D eigenvalue weighted by molar-refractivity contribution is 5.75. The number of carbonyl (C=O) groups is 1. The topological polar surface area (TPSA) is 114 Å². The standard InChI is InChI=1S/C7H10N8O/c1-5(7-11-13-14-12-7)10-6(16)2-15-4-8-3-9-15/h3-5H,2H2,1H3,(H,10,16)(H,11,12,13,14). The van der Waals surface area contributed by atoms with Crippen LogP contribution in [0.25, 0.3) is 0 Å². The monoisotopic (exact) mass is 222 g/mol. The molecule has 0 saturated carbocycles. The van der Waals surface area contributed by atoms with E-state index in [1.807, 2.05) is 0 Å².